The van der Waals surface area contributed by atoms with Crippen molar-refractivity contribution < 1.29 is 19.4 Å². The number of ether oxygens (including phenoxy) is 1. The molecular formula is C14H17NO4. The number of benzene rings is 1. The molecule has 0 saturated carbocycles. The van der Waals surface area contributed by atoms with Crippen molar-refractivity contribution in [3.63, 3.8) is 0 Å². The normalized spacial score (nSPS) is 18.2. The second-order valence-electron chi connectivity index (χ2n) is 4.64. The largest absolute Gasteiger partial charge is 0.481 e. The minimum atomic E-state index is -0.822. The van der Waals surface area contributed by atoms with Crippen LogP contribution in [0.4, 0.5) is 5.69 Å². The highest BCUT2D eigenvalue weighted by Gasteiger charge is 2.23. The van der Waals surface area contributed by atoms with E-state index in [2.05, 4.69) is 5.32 Å². The molecule has 19 heavy (non-hydrogen) atoms. The first kappa shape index (κ1) is 13.5. The van der Waals surface area contributed by atoms with Gasteiger partial charge in [0.2, 0.25) is 5.91 Å². The summed E-state index contributed by atoms with van der Waals surface area (Å²) in [5.41, 5.74) is 1.61. The third-order valence-electron chi connectivity index (χ3n) is 3.12. The molecule has 2 rings (SSSR count). The minimum absolute atomic E-state index is 0.0344. The summed E-state index contributed by atoms with van der Waals surface area (Å²) >= 11 is 0. The van der Waals surface area contributed by atoms with Crippen LogP contribution in [0.3, 0.4) is 0 Å². The van der Waals surface area contributed by atoms with Gasteiger partial charge in [-0.25, -0.2) is 0 Å². The number of amides is 1. The van der Waals surface area contributed by atoms with E-state index in [0.29, 0.717) is 25.3 Å². The van der Waals surface area contributed by atoms with Crippen molar-refractivity contribution in [3.05, 3.63) is 29.8 Å². The quantitative estimate of drug-likeness (QED) is 0.847. The molecule has 102 valence electrons. The fraction of sp³-hybridized carbons (Fsp3) is 0.429. The number of anilines is 1. The monoisotopic (exact) mass is 263 g/mol. The fourth-order valence-corrected chi connectivity index (χ4v) is 2.04. The van der Waals surface area contributed by atoms with Crippen LogP contribution < -0.4 is 5.32 Å². The lowest BCUT2D eigenvalue weighted by atomic mass is 10.1. The van der Waals surface area contributed by atoms with Crippen LogP contribution >= 0.6 is 0 Å². The van der Waals surface area contributed by atoms with Gasteiger partial charge in [-0.15, -0.1) is 0 Å². The Morgan fingerprint density at radius 1 is 1.42 bits per heavy atom. The van der Waals surface area contributed by atoms with Crippen LogP contribution in [0, 0.1) is 5.92 Å². The summed E-state index contributed by atoms with van der Waals surface area (Å²) in [7, 11) is 0. The van der Waals surface area contributed by atoms with Crippen molar-refractivity contribution in [2.45, 2.75) is 19.3 Å². The van der Waals surface area contributed by atoms with Crippen molar-refractivity contribution in [1.82, 2.24) is 0 Å². The van der Waals surface area contributed by atoms with Gasteiger partial charge >= 0.3 is 5.97 Å². The second-order valence-corrected chi connectivity index (χ2v) is 4.64. The average molecular weight is 263 g/mol. The third kappa shape index (κ3) is 4.06. The number of carboxylic acid groups (broad SMARTS) is 1. The van der Waals surface area contributed by atoms with Gasteiger partial charge < -0.3 is 15.2 Å². The van der Waals surface area contributed by atoms with Crippen LogP contribution in [0.1, 0.15) is 18.4 Å². The molecule has 1 fully saturated rings. The molecular weight excluding hydrogens is 246 g/mol. The molecule has 1 atom stereocenters. The van der Waals surface area contributed by atoms with E-state index >= 15 is 0 Å². The number of aryl methyl sites for hydroxylation is 1. The number of carbonyl (C=O) groups is 2. The second kappa shape index (κ2) is 6.33. The van der Waals surface area contributed by atoms with Gasteiger partial charge in [-0.05, 0) is 30.5 Å². The Hall–Kier alpha value is -1.88. The van der Waals surface area contributed by atoms with Crippen LogP contribution in [0.2, 0.25) is 0 Å². The Balaban J connectivity index is 1.94. The standard InChI is InChI=1S/C14H17NO4/c16-13(17)5-4-10-2-1-3-12(8-10)15-14(18)11-6-7-19-9-11/h1-3,8,11H,4-7,9H2,(H,15,18)(H,16,17)/t11-/m0/s1. The first-order valence-corrected chi connectivity index (χ1v) is 6.34. The zero-order valence-corrected chi connectivity index (χ0v) is 10.6. The lowest BCUT2D eigenvalue weighted by Gasteiger charge is -2.10. The van der Waals surface area contributed by atoms with E-state index in [4.69, 9.17) is 9.84 Å². The first-order valence-electron chi connectivity index (χ1n) is 6.34. The molecule has 0 aromatic heterocycles. The number of hydrogen-bond acceptors (Lipinski definition) is 3. The van der Waals surface area contributed by atoms with Crippen molar-refractivity contribution in [3.8, 4) is 0 Å². The maximum Gasteiger partial charge on any atom is 0.303 e. The molecule has 0 radical (unpaired) electrons. The fourth-order valence-electron chi connectivity index (χ4n) is 2.04. The molecule has 5 nitrogen and oxygen atoms in total. The van der Waals surface area contributed by atoms with Crippen molar-refractivity contribution >= 4 is 17.6 Å². The highest BCUT2D eigenvalue weighted by Crippen LogP contribution is 2.17. The number of rotatable bonds is 5. The first-order chi connectivity index (χ1) is 9.15. The number of hydrogen-bond donors (Lipinski definition) is 2. The van der Waals surface area contributed by atoms with E-state index in [-0.39, 0.29) is 18.2 Å². The summed E-state index contributed by atoms with van der Waals surface area (Å²) in [5, 5.41) is 11.5. The highest BCUT2D eigenvalue weighted by atomic mass is 16.5. The Morgan fingerprint density at radius 3 is 2.95 bits per heavy atom. The average Bonchev–Trinajstić information content (AvgIpc) is 2.91. The van der Waals surface area contributed by atoms with Gasteiger partial charge in [-0.2, -0.15) is 0 Å². The zero-order valence-electron chi connectivity index (χ0n) is 10.6. The van der Waals surface area contributed by atoms with Gasteiger partial charge in [0.15, 0.2) is 0 Å². The highest BCUT2D eigenvalue weighted by molar-refractivity contribution is 5.92. The predicted molar refractivity (Wildman–Crippen MR) is 70.0 cm³/mol. The molecule has 2 N–H and O–H groups in total. The topological polar surface area (TPSA) is 75.6 Å². The maximum absolute atomic E-state index is 11.9. The van der Waals surface area contributed by atoms with E-state index in [1.54, 1.807) is 6.07 Å². The third-order valence-corrected chi connectivity index (χ3v) is 3.12. The summed E-state index contributed by atoms with van der Waals surface area (Å²) in [6.45, 7) is 1.11. The Labute approximate surface area is 111 Å². The van der Waals surface area contributed by atoms with E-state index in [9.17, 15) is 9.59 Å². The van der Waals surface area contributed by atoms with E-state index in [1.807, 2.05) is 18.2 Å². The molecule has 1 heterocycles. The van der Waals surface area contributed by atoms with Crippen molar-refractivity contribution in [2.75, 3.05) is 18.5 Å². The van der Waals surface area contributed by atoms with Gasteiger partial charge in [0.1, 0.15) is 0 Å². The van der Waals surface area contributed by atoms with Gasteiger partial charge in [-0.1, -0.05) is 12.1 Å². The molecule has 1 amide bonds. The maximum atomic E-state index is 11.9. The van der Waals surface area contributed by atoms with Crippen LogP contribution in [0.25, 0.3) is 0 Å². The van der Waals surface area contributed by atoms with Crippen LogP contribution in [-0.4, -0.2) is 30.2 Å². The lowest BCUT2D eigenvalue weighted by molar-refractivity contribution is -0.137. The van der Waals surface area contributed by atoms with Crippen LogP contribution in [0.15, 0.2) is 24.3 Å². The molecule has 1 aliphatic heterocycles. The summed E-state index contributed by atoms with van der Waals surface area (Å²) in [4.78, 5) is 22.4. The number of aliphatic carboxylic acids is 1. The summed E-state index contributed by atoms with van der Waals surface area (Å²) in [6, 6.07) is 7.30. The van der Waals surface area contributed by atoms with Crippen LogP contribution in [0.5, 0.6) is 0 Å². The molecule has 0 bridgehead atoms. The number of carboxylic acids is 1. The Bertz CT molecular complexity index is 466. The lowest BCUT2D eigenvalue weighted by Crippen LogP contribution is -2.22. The molecule has 0 spiro atoms. The Kier molecular flexibility index (Phi) is 4.52. The Morgan fingerprint density at radius 2 is 2.26 bits per heavy atom. The molecule has 1 saturated heterocycles. The SMILES string of the molecule is O=C(O)CCc1cccc(NC(=O)[C@H]2CCOC2)c1. The molecule has 1 aliphatic rings. The van der Waals surface area contributed by atoms with E-state index in [0.717, 1.165) is 12.0 Å². The smallest absolute Gasteiger partial charge is 0.303 e. The number of nitrogens with one attached hydrogen (secondary N) is 1. The van der Waals surface area contributed by atoms with E-state index < -0.39 is 5.97 Å². The summed E-state index contributed by atoms with van der Waals surface area (Å²) < 4.78 is 5.18. The molecule has 1 aromatic rings. The molecule has 5 heteroatoms. The van der Waals surface area contributed by atoms with Gasteiger partial charge in [-0.3, -0.25) is 9.59 Å². The molecule has 0 unspecified atom stereocenters. The van der Waals surface area contributed by atoms with Gasteiger partial charge in [0.25, 0.3) is 0 Å². The van der Waals surface area contributed by atoms with Crippen LogP contribution in [-0.2, 0) is 20.7 Å². The van der Waals surface area contributed by atoms with Gasteiger partial charge in [0, 0.05) is 18.7 Å². The number of carbonyl (C=O) groups excluding carboxylic acids is 1. The summed E-state index contributed by atoms with van der Waals surface area (Å²) in [5.74, 6) is -0.937. The van der Waals surface area contributed by atoms with Gasteiger partial charge in [0.05, 0.1) is 12.5 Å². The van der Waals surface area contributed by atoms with Crippen molar-refractivity contribution in [2.24, 2.45) is 5.92 Å². The summed E-state index contributed by atoms with van der Waals surface area (Å²) in [6.07, 6.45) is 1.31. The zero-order chi connectivity index (χ0) is 13.7. The minimum Gasteiger partial charge on any atom is -0.481 e. The molecule has 1 aromatic carbocycles. The van der Waals surface area contributed by atoms with Crippen molar-refractivity contribution in [1.29, 1.82) is 0 Å². The predicted octanol–water partition coefficient (Wildman–Crippen LogP) is 1.68. The molecule has 0 aliphatic carbocycles. The van der Waals surface area contributed by atoms with E-state index in [1.165, 1.54) is 0 Å².